The average molecular weight is 891 g/mol. The number of H-pyrrole nitrogens is 2. The van der Waals surface area contributed by atoms with Gasteiger partial charge in [0.05, 0.1) is 6.04 Å². The van der Waals surface area contributed by atoms with E-state index < -0.39 is 71.7 Å². The molecular weight excluding hydrogens is 825 g/mol. The van der Waals surface area contributed by atoms with E-state index in [-0.39, 0.29) is 37.5 Å². The van der Waals surface area contributed by atoms with Crippen LogP contribution >= 0.6 is 0 Å². The Morgan fingerprint density at radius 2 is 0.938 bits per heavy atom. The van der Waals surface area contributed by atoms with Crippen LogP contribution in [0.4, 0.5) is 0 Å². The minimum Gasteiger partial charge on any atom is -0.368 e. The molecule has 0 saturated carbocycles. The Hall–Kier alpha value is -6.52. The summed E-state index contributed by atoms with van der Waals surface area (Å²) in [5.74, 6) is -3.74. The average Bonchev–Trinajstić information content (AvgIpc) is 3.88. The minimum atomic E-state index is -1.24. The van der Waals surface area contributed by atoms with Crippen molar-refractivity contribution in [2.45, 2.75) is 115 Å². The first kappa shape index (κ1) is 49.5. The van der Waals surface area contributed by atoms with Gasteiger partial charge in [-0.1, -0.05) is 101 Å². The summed E-state index contributed by atoms with van der Waals surface area (Å²) < 4.78 is 0. The van der Waals surface area contributed by atoms with Gasteiger partial charge in [-0.25, -0.2) is 0 Å². The SMILES string of the molecule is CC(C)CC(NC(=O)C(CC(C)C)NC(=O)C(Cc1c[nH]c2ccccc12)NC(=O)C(Cc1ccccc1)NC(=O)C(Cc1c[nH]c2ccccc12)NC(=O)C(N)CCCCN)C(N)=O. The molecule has 16 nitrogen and oxygen atoms in total. The molecule has 2 aromatic heterocycles. The van der Waals surface area contributed by atoms with Crippen molar-refractivity contribution in [3.8, 4) is 0 Å². The Bertz CT molecular complexity index is 2380. The van der Waals surface area contributed by atoms with Gasteiger partial charge in [-0.05, 0) is 72.9 Å². The number of unbranched alkanes of at least 4 members (excludes halogenated alkanes) is 1. The maximum Gasteiger partial charge on any atom is 0.243 e. The van der Waals surface area contributed by atoms with E-state index >= 15 is 0 Å². The minimum absolute atomic E-state index is 0.0160. The quantitative estimate of drug-likeness (QED) is 0.0388. The monoisotopic (exact) mass is 891 g/mol. The number of rotatable bonds is 25. The zero-order valence-electron chi connectivity index (χ0n) is 37.8. The lowest BCUT2D eigenvalue weighted by Crippen LogP contribution is -2.60. The van der Waals surface area contributed by atoms with Crippen LogP contribution in [0, 0.1) is 11.8 Å². The zero-order chi connectivity index (χ0) is 47.0. The number of hydrogen-bond donors (Lipinski definition) is 10. The normalized spacial score (nSPS) is 14.3. The maximum atomic E-state index is 14.7. The molecule has 3 aromatic carbocycles. The molecule has 5 aromatic rings. The summed E-state index contributed by atoms with van der Waals surface area (Å²) in [6.45, 7) is 8.07. The number of amides is 6. The van der Waals surface area contributed by atoms with Crippen molar-refractivity contribution in [2.24, 2.45) is 29.0 Å². The topological polar surface area (TPSA) is 272 Å². The van der Waals surface area contributed by atoms with E-state index in [1.54, 1.807) is 12.4 Å². The molecule has 0 saturated heterocycles. The maximum absolute atomic E-state index is 14.7. The molecule has 6 atom stereocenters. The van der Waals surface area contributed by atoms with Crippen molar-refractivity contribution in [2.75, 3.05) is 6.54 Å². The van der Waals surface area contributed by atoms with E-state index in [9.17, 15) is 28.8 Å². The number of aromatic amines is 2. The van der Waals surface area contributed by atoms with Crippen LogP contribution in [0.5, 0.6) is 0 Å². The molecule has 348 valence electrons. The fourth-order valence-electron chi connectivity index (χ4n) is 7.95. The number of hydrogen-bond acceptors (Lipinski definition) is 8. The molecule has 0 aliphatic carbocycles. The first-order chi connectivity index (χ1) is 31.1. The largest absolute Gasteiger partial charge is 0.368 e. The second-order valence-electron chi connectivity index (χ2n) is 17.7. The van der Waals surface area contributed by atoms with E-state index in [1.807, 2.05) is 107 Å². The fraction of sp³-hybridized carbons (Fsp3) is 0.429. The van der Waals surface area contributed by atoms with E-state index in [1.165, 1.54) is 0 Å². The van der Waals surface area contributed by atoms with Crippen molar-refractivity contribution in [3.05, 3.63) is 108 Å². The summed E-state index contributed by atoms with van der Waals surface area (Å²) in [5.41, 5.74) is 21.5. The highest BCUT2D eigenvalue weighted by Gasteiger charge is 2.34. The van der Waals surface area contributed by atoms with Crippen LogP contribution in [0.25, 0.3) is 21.8 Å². The molecule has 0 fully saturated rings. The second kappa shape index (κ2) is 24.0. The van der Waals surface area contributed by atoms with Gasteiger partial charge in [-0.2, -0.15) is 0 Å². The van der Waals surface area contributed by atoms with Gasteiger partial charge in [-0.3, -0.25) is 28.8 Å². The lowest BCUT2D eigenvalue weighted by atomic mass is 9.98. The van der Waals surface area contributed by atoms with Crippen LogP contribution in [0.1, 0.15) is 76.5 Å². The predicted molar refractivity (Wildman–Crippen MR) is 253 cm³/mol. The van der Waals surface area contributed by atoms with Crippen LogP contribution in [0.3, 0.4) is 0 Å². The number of fused-ring (bicyclic) bond motifs is 2. The highest BCUT2D eigenvalue weighted by molar-refractivity contribution is 5.97. The second-order valence-corrected chi connectivity index (χ2v) is 17.7. The number of primary amides is 1. The molecule has 0 bridgehead atoms. The first-order valence-corrected chi connectivity index (χ1v) is 22.5. The number of benzene rings is 3. The van der Waals surface area contributed by atoms with Gasteiger partial charge in [0, 0.05) is 53.5 Å². The molecule has 6 unspecified atom stereocenters. The van der Waals surface area contributed by atoms with Crippen molar-refractivity contribution in [3.63, 3.8) is 0 Å². The van der Waals surface area contributed by atoms with E-state index in [0.717, 1.165) is 38.5 Å². The van der Waals surface area contributed by atoms with E-state index in [2.05, 4.69) is 36.6 Å². The van der Waals surface area contributed by atoms with Gasteiger partial charge in [-0.15, -0.1) is 0 Å². The predicted octanol–water partition coefficient (Wildman–Crippen LogP) is 3.13. The van der Waals surface area contributed by atoms with Gasteiger partial charge >= 0.3 is 0 Å². The lowest BCUT2D eigenvalue weighted by Gasteiger charge is -2.28. The Labute approximate surface area is 380 Å². The molecule has 0 aliphatic rings. The number of nitrogens with two attached hydrogens (primary N) is 3. The number of para-hydroxylation sites is 2. The number of aromatic nitrogens is 2. The number of carbonyl (C=O) groups is 6. The molecule has 5 rings (SSSR count). The van der Waals surface area contributed by atoms with Crippen LogP contribution in [0.2, 0.25) is 0 Å². The van der Waals surface area contributed by atoms with Gasteiger partial charge in [0.25, 0.3) is 0 Å². The molecular formula is C49H66N10O6. The van der Waals surface area contributed by atoms with Gasteiger partial charge in [0.15, 0.2) is 0 Å². The summed E-state index contributed by atoms with van der Waals surface area (Å²) >= 11 is 0. The fourth-order valence-corrected chi connectivity index (χ4v) is 7.95. The molecule has 65 heavy (non-hydrogen) atoms. The summed E-state index contributed by atoms with van der Waals surface area (Å²) in [7, 11) is 0. The Morgan fingerprint density at radius 1 is 0.523 bits per heavy atom. The molecule has 6 amide bonds. The number of nitrogens with one attached hydrogen (secondary N) is 7. The third-order valence-corrected chi connectivity index (χ3v) is 11.4. The molecule has 0 radical (unpaired) electrons. The van der Waals surface area contributed by atoms with Gasteiger partial charge in [0.1, 0.15) is 30.2 Å². The van der Waals surface area contributed by atoms with Crippen molar-refractivity contribution >= 4 is 57.2 Å². The summed E-state index contributed by atoms with van der Waals surface area (Å²) in [6.07, 6.45) is 5.91. The summed E-state index contributed by atoms with van der Waals surface area (Å²) in [5, 5.41) is 16.0. The Balaban J connectivity index is 1.46. The Kier molecular flexibility index (Phi) is 18.2. The Morgan fingerprint density at radius 3 is 1.43 bits per heavy atom. The molecule has 2 heterocycles. The highest BCUT2D eigenvalue weighted by Crippen LogP contribution is 2.21. The zero-order valence-corrected chi connectivity index (χ0v) is 37.8. The van der Waals surface area contributed by atoms with E-state index in [0.29, 0.717) is 32.2 Å². The van der Waals surface area contributed by atoms with Crippen molar-refractivity contribution in [1.29, 1.82) is 0 Å². The van der Waals surface area contributed by atoms with Crippen LogP contribution < -0.4 is 43.8 Å². The van der Waals surface area contributed by atoms with Crippen LogP contribution in [0.15, 0.2) is 91.3 Å². The molecule has 16 heteroatoms. The summed E-state index contributed by atoms with van der Waals surface area (Å²) in [6, 6.07) is 17.7. The van der Waals surface area contributed by atoms with E-state index in [4.69, 9.17) is 17.2 Å². The third-order valence-electron chi connectivity index (χ3n) is 11.4. The number of carbonyl (C=O) groups excluding carboxylic acids is 6. The van der Waals surface area contributed by atoms with Gasteiger partial charge < -0.3 is 53.8 Å². The summed E-state index contributed by atoms with van der Waals surface area (Å²) in [4.78, 5) is 89.9. The molecule has 0 spiro atoms. The van der Waals surface area contributed by atoms with Gasteiger partial charge in [0.2, 0.25) is 35.4 Å². The lowest BCUT2D eigenvalue weighted by molar-refractivity contribution is -0.135. The molecule has 13 N–H and O–H groups in total. The van der Waals surface area contributed by atoms with Crippen molar-refractivity contribution in [1.82, 2.24) is 36.6 Å². The first-order valence-electron chi connectivity index (χ1n) is 22.5. The molecule has 0 aliphatic heterocycles. The van der Waals surface area contributed by atoms with Crippen LogP contribution in [-0.2, 0) is 48.0 Å². The third kappa shape index (κ3) is 14.5. The standard InChI is InChI=1S/C49H66N10O6/c1-29(2)22-39(44(52)60)55-46(62)40(23-30(3)4)57-49(65)43(26-33-28-54-38-20-11-9-17-35(33)38)59-47(63)41(24-31-14-6-5-7-15-31)58-48(64)42(56-45(61)36(51)18-12-13-21-50)25-32-27-53-37-19-10-8-16-34(32)37/h5-11,14-17,19-20,27-30,36,39-43,53-54H,12-13,18,21-26,50-51H2,1-4H3,(H2,52,60)(H,55,62)(H,56,61)(H,57,65)(H,58,64)(H,59,63). The highest BCUT2D eigenvalue weighted by atomic mass is 16.2. The van der Waals surface area contributed by atoms with Crippen molar-refractivity contribution < 1.29 is 28.8 Å². The smallest absolute Gasteiger partial charge is 0.243 e. The van der Waals surface area contributed by atoms with Crippen LogP contribution in [-0.4, -0.2) is 88.2 Å².